The van der Waals surface area contributed by atoms with Crippen LogP contribution in [0.4, 0.5) is 23.4 Å². The van der Waals surface area contributed by atoms with Gasteiger partial charge < -0.3 is 20.3 Å². The number of hydrogen-bond donors (Lipinski definition) is 3. The molecule has 164 valence electrons. The van der Waals surface area contributed by atoms with Crippen LogP contribution >= 0.6 is 11.6 Å². The molecule has 0 bridgehead atoms. The van der Waals surface area contributed by atoms with Gasteiger partial charge in [0.2, 0.25) is 5.91 Å². The van der Waals surface area contributed by atoms with E-state index in [0.717, 1.165) is 11.1 Å². The third-order valence-electron chi connectivity index (χ3n) is 4.78. The van der Waals surface area contributed by atoms with E-state index in [4.69, 9.17) is 11.6 Å². The maximum absolute atomic E-state index is 14.6. The molecule has 13 heteroatoms. The molecule has 4 heterocycles. The van der Waals surface area contributed by atoms with Gasteiger partial charge in [-0.15, -0.1) is 0 Å². The summed E-state index contributed by atoms with van der Waals surface area (Å²) < 4.78 is 51.9. The minimum atomic E-state index is -4.60. The van der Waals surface area contributed by atoms with Gasteiger partial charge in [0, 0.05) is 36.3 Å². The maximum Gasteiger partial charge on any atom is 0.405 e. The van der Waals surface area contributed by atoms with Crippen LogP contribution < -0.4 is 10.2 Å². The Morgan fingerprint density at radius 1 is 1.35 bits per heavy atom. The first kappa shape index (κ1) is 21.2. The van der Waals surface area contributed by atoms with Crippen LogP contribution in [-0.4, -0.2) is 62.4 Å². The van der Waals surface area contributed by atoms with Crippen molar-refractivity contribution in [2.75, 3.05) is 18.0 Å². The summed E-state index contributed by atoms with van der Waals surface area (Å²) in [7, 11) is 0. The second kappa shape index (κ2) is 7.93. The molecule has 3 aromatic heterocycles. The van der Waals surface area contributed by atoms with E-state index in [9.17, 15) is 27.5 Å². The second-order valence-corrected chi connectivity index (χ2v) is 7.44. The molecule has 1 fully saturated rings. The van der Waals surface area contributed by atoms with Gasteiger partial charge in [-0.3, -0.25) is 4.79 Å². The highest BCUT2D eigenvalue weighted by Gasteiger charge is 2.39. The largest absolute Gasteiger partial charge is 0.405 e. The Kier molecular flexibility index (Phi) is 5.43. The number of alkyl halides is 3. The van der Waals surface area contributed by atoms with E-state index in [-0.39, 0.29) is 24.6 Å². The van der Waals surface area contributed by atoms with E-state index in [0.29, 0.717) is 21.6 Å². The molecule has 0 aromatic carbocycles. The van der Waals surface area contributed by atoms with Gasteiger partial charge in [0.15, 0.2) is 17.5 Å². The zero-order valence-corrected chi connectivity index (χ0v) is 16.4. The van der Waals surface area contributed by atoms with Crippen molar-refractivity contribution in [3.63, 3.8) is 0 Å². The Hall–Kier alpha value is -2.99. The summed E-state index contributed by atoms with van der Waals surface area (Å²) in [6, 6.07) is 0.392. The number of rotatable bonds is 4. The molecular weight excluding hydrogens is 444 g/mol. The van der Waals surface area contributed by atoms with Gasteiger partial charge in [-0.1, -0.05) is 11.6 Å². The molecule has 0 spiro atoms. The molecule has 3 N–H and O–H groups in total. The molecule has 0 radical (unpaired) electrons. The van der Waals surface area contributed by atoms with E-state index in [1.807, 2.05) is 0 Å². The van der Waals surface area contributed by atoms with Gasteiger partial charge in [-0.05, 0) is 6.07 Å². The second-order valence-electron chi connectivity index (χ2n) is 7.01. The number of halogens is 5. The third-order valence-corrected chi connectivity index (χ3v) is 4.99. The zero-order chi connectivity index (χ0) is 22.3. The summed E-state index contributed by atoms with van der Waals surface area (Å²) in [6.07, 6.45) is -1.93. The summed E-state index contributed by atoms with van der Waals surface area (Å²) in [5.74, 6) is -2.10. The Morgan fingerprint density at radius 2 is 2.13 bits per heavy atom. The van der Waals surface area contributed by atoms with Gasteiger partial charge in [0.1, 0.15) is 18.2 Å². The fourth-order valence-electron chi connectivity index (χ4n) is 3.45. The topological polar surface area (TPSA) is 107 Å². The number of anilines is 1. The number of β-amino-alcohol motifs (C(OH)–C–C–N with tert-alkyl or cyclic N) is 1. The fraction of sp³-hybridized carbons (Fsp3) is 0.333. The Morgan fingerprint density at radius 3 is 2.87 bits per heavy atom. The van der Waals surface area contributed by atoms with Crippen molar-refractivity contribution in [3.05, 3.63) is 35.5 Å². The number of nitrogens with zero attached hydrogens (tertiary/aromatic N) is 4. The lowest BCUT2D eigenvalue weighted by atomic mass is 10.2. The van der Waals surface area contributed by atoms with Crippen LogP contribution in [0.15, 0.2) is 24.7 Å². The number of carbonyl (C=O) groups is 1. The standard InChI is InChI=1S/C18H15ClF4N6O2/c19-8-1-10-11(4-25-14(10)24-3-8)15-26-5-12(20)16(28-15)29-6-9(30)2-13(29)17(31)27-7-18(21,22)23/h1,3-5,9,13,30H,2,6-7H2,(H,24,25)(H,27,31)/t9-,13-/m1/s1. The summed E-state index contributed by atoms with van der Waals surface area (Å²) in [5, 5.41) is 12.7. The molecule has 1 aliphatic heterocycles. The molecule has 1 amide bonds. The molecule has 3 aromatic rings. The average Bonchev–Trinajstić information content (AvgIpc) is 3.29. The number of aliphatic hydroxyl groups is 1. The number of fused-ring (bicyclic) bond motifs is 1. The zero-order valence-electron chi connectivity index (χ0n) is 15.6. The van der Waals surface area contributed by atoms with Crippen LogP contribution in [0.3, 0.4) is 0 Å². The first-order valence-electron chi connectivity index (χ1n) is 9.07. The van der Waals surface area contributed by atoms with Crippen molar-refractivity contribution in [1.29, 1.82) is 0 Å². The molecule has 1 saturated heterocycles. The van der Waals surface area contributed by atoms with Gasteiger partial charge >= 0.3 is 6.18 Å². The number of amides is 1. The van der Waals surface area contributed by atoms with Crippen LogP contribution in [0.1, 0.15) is 6.42 Å². The Bertz CT molecular complexity index is 1140. The van der Waals surface area contributed by atoms with Gasteiger partial charge in [-0.2, -0.15) is 13.2 Å². The van der Waals surface area contributed by atoms with E-state index < -0.39 is 36.6 Å². The molecule has 0 saturated carbocycles. The van der Waals surface area contributed by atoms with Crippen LogP contribution in [0.25, 0.3) is 22.4 Å². The first-order valence-corrected chi connectivity index (χ1v) is 9.45. The summed E-state index contributed by atoms with van der Waals surface area (Å²) in [5.41, 5.74) is 0.957. The molecule has 31 heavy (non-hydrogen) atoms. The van der Waals surface area contributed by atoms with Crippen LogP contribution in [-0.2, 0) is 4.79 Å². The monoisotopic (exact) mass is 458 g/mol. The summed E-state index contributed by atoms with van der Waals surface area (Å²) >= 11 is 5.99. The molecule has 4 rings (SSSR count). The van der Waals surface area contributed by atoms with E-state index >= 15 is 0 Å². The third kappa shape index (κ3) is 4.39. The van der Waals surface area contributed by atoms with Crippen molar-refractivity contribution in [2.45, 2.75) is 24.7 Å². The minimum absolute atomic E-state index is 0.0857. The van der Waals surface area contributed by atoms with E-state index in [1.165, 1.54) is 6.20 Å². The van der Waals surface area contributed by atoms with E-state index in [1.54, 1.807) is 17.6 Å². The van der Waals surface area contributed by atoms with Gasteiger partial charge in [0.25, 0.3) is 0 Å². The summed E-state index contributed by atoms with van der Waals surface area (Å²) in [4.78, 5) is 28.6. The van der Waals surface area contributed by atoms with Crippen LogP contribution in [0.5, 0.6) is 0 Å². The fourth-order valence-corrected chi connectivity index (χ4v) is 3.61. The first-order chi connectivity index (χ1) is 14.6. The number of aromatic nitrogens is 4. The highest BCUT2D eigenvalue weighted by molar-refractivity contribution is 6.31. The average molecular weight is 459 g/mol. The van der Waals surface area contributed by atoms with Crippen molar-refractivity contribution >= 4 is 34.4 Å². The smallest absolute Gasteiger partial charge is 0.391 e. The van der Waals surface area contributed by atoms with Crippen molar-refractivity contribution in [2.24, 2.45) is 0 Å². The minimum Gasteiger partial charge on any atom is -0.391 e. The number of pyridine rings is 1. The van der Waals surface area contributed by atoms with Crippen LogP contribution in [0, 0.1) is 5.82 Å². The van der Waals surface area contributed by atoms with Gasteiger partial charge in [0.05, 0.1) is 17.3 Å². The van der Waals surface area contributed by atoms with Crippen molar-refractivity contribution in [1.82, 2.24) is 25.3 Å². The number of nitrogens with one attached hydrogen (secondary N) is 2. The van der Waals surface area contributed by atoms with Crippen molar-refractivity contribution in [3.8, 4) is 11.4 Å². The lowest BCUT2D eigenvalue weighted by Crippen LogP contribution is -2.46. The lowest BCUT2D eigenvalue weighted by Gasteiger charge is -2.25. The number of hydrogen-bond acceptors (Lipinski definition) is 6. The quantitative estimate of drug-likeness (QED) is 0.518. The predicted molar refractivity (Wildman–Crippen MR) is 103 cm³/mol. The number of carbonyl (C=O) groups excluding carboxylic acids is 1. The normalized spacial score (nSPS) is 19.2. The SMILES string of the molecule is O=C(NCC(F)(F)F)[C@H]1C[C@@H](O)CN1c1nc(-c2c[nH]c3ncc(Cl)cc23)ncc1F. The summed E-state index contributed by atoms with van der Waals surface area (Å²) in [6.45, 7) is -1.72. The molecule has 0 aliphatic carbocycles. The number of aliphatic hydroxyl groups excluding tert-OH is 1. The Labute approximate surface area is 177 Å². The van der Waals surface area contributed by atoms with Gasteiger partial charge in [-0.25, -0.2) is 19.3 Å². The number of H-pyrrole nitrogens is 1. The molecular formula is C18H15ClF4N6O2. The van der Waals surface area contributed by atoms with Crippen LogP contribution in [0.2, 0.25) is 5.02 Å². The Balaban J connectivity index is 1.68. The molecule has 2 atom stereocenters. The molecule has 0 unspecified atom stereocenters. The highest BCUT2D eigenvalue weighted by atomic mass is 35.5. The van der Waals surface area contributed by atoms with E-state index in [2.05, 4.69) is 19.9 Å². The maximum atomic E-state index is 14.6. The van der Waals surface area contributed by atoms with Crippen molar-refractivity contribution < 1.29 is 27.5 Å². The lowest BCUT2D eigenvalue weighted by molar-refractivity contribution is -0.139. The predicted octanol–water partition coefficient (Wildman–Crippen LogP) is 2.43. The highest BCUT2D eigenvalue weighted by Crippen LogP contribution is 2.31. The number of aromatic amines is 1. The molecule has 8 nitrogen and oxygen atoms in total. The molecule has 1 aliphatic rings.